The molecule has 2 amide bonds. The van der Waals surface area contributed by atoms with Gasteiger partial charge >= 0.3 is 5.97 Å². The van der Waals surface area contributed by atoms with Gasteiger partial charge in [-0.05, 0) is 42.5 Å². The smallest absolute Gasteiger partial charge is 0.335 e. The average Bonchev–Trinajstić information content (AvgIpc) is 3.16. The number of ether oxygens (including phenoxy) is 1. The topological polar surface area (TPSA) is 105 Å². The first-order valence-corrected chi connectivity index (χ1v) is 8.82. The Morgan fingerprint density at radius 1 is 1.27 bits per heavy atom. The molecule has 1 atom stereocenters. The first kappa shape index (κ1) is 19.5. The van der Waals surface area contributed by atoms with Crippen molar-refractivity contribution in [1.29, 1.82) is 0 Å². The highest BCUT2D eigenvalue weighted by Gasteiger charge is 2.17. The normalized spacial score (nSPS) is 11.5. The van der Waals surface area contributed by atoms with Gasteiger partial charge < -0.3 is 20.5 Å². The molecule has 0 bridgehead atoms. The molecule has 0 fully saturated rings. The highest BCUT2D eigenvalue weighted by Crippen LogP contribution is 2.20. The molecule has 2 rings (SSSR count). The van der Waals surface area contributed by atoms with E-state index in [2.05, 4.69) is 10.6 Å². The molecule has 0 aliphatic heterocycles. The largest absolute Gasteiger partial charge is 0.496 e. The van der Waals surface area contributed by atoms with Gasteiger partial charge in [-0.1, -0.05) is 12.1 Å². The van der Waals surface area contributed by atoms with E-state index < -0.39 is 12.0 Å². The van der Waals surface area contributed by atoms with E-state index >= 15 is 0 Å². The van der Waals surface area contributed by atoms with Crippen LogP contribution >= 0.6 is 11.3 Å². The van der Waals surface area contributed by atoms with Crippen molar-refractivity contribution in [2.45, 2.75) is 19.4 Å². The predicted molar refractivity (Wildman–Crippen MR) is 97.9 cm³/mol. The monoisotopic (exact) mass is 376 g/mol. The first-order chi connectivity index (χ1) is 12.4. The zero-order valence-electron chi connectivity index (χ0n) is 14.4. The lowest BCUT2D eigenvalue weighted by Crippen LogP contribution is -2.45. The molecule has 1 unspecified atom stereocenters. The summed E-state index contributed by atoms with van der Waals surface area (Å²) in [5.41, 5.74) is 0.924. The van der Waals surface area contributed by atoms with E-state index in [-0.39, 0.29) is 17.4 Å². The van der Waals surface area contributed by atoms with E-state index in [1.165, 1.54) is 30.6 Å². The lowest BCUT2D eigenvalue weighted by atomic mass is 10.1. The molecule has 1 aromatic carbocycles. The van der Waals surface area contributed by atoms with Crippen molar-refractivity contribution in [3.05, 3.63) is 51.7 Å². The number of rotatable bonds is 8. The number of carboxylic acid groups (broad SMARTS) is 1. The van der Waals surface area contributed by atoms with Gasteiger partial charge in [0.2, 0.25) is 5.91 Å². The number of thiophene rings is 1. The summed E-state index contributed by atoms with van der Waals surface area (Å²) in [4.78, 5) is 35.6. The minimum absolute atomic E-state index is 0.138. The molecular weight excluding hydrogens is 356 g/mol. The molecule has 26 heavy (non-hydrogen) atoms. The molecule has 7 nitrogen and oxygen atoms in total. The van der Waals surface area contributed by atoms with Gasteiger partial charge in [0.1, 0.15) is 11.8 Å². The van der Waals surface area contributed by atoms with E-state index in [4.69, 9.17) is 9.84 Å². The third kappa shape index (κ3) is 5.06. The summed E-state index contributed by atoms with van der Waals surface area (Å²) < 4.78 is 5.20. The number of hydrogen-bond acceptors (Lipinski definition) is 5. The summed E-state index contributed by atoms with van der Waals surface area (Å²) >= 11 is 1.31. The minimum Gasteiger partial charge on any atom is -0.496 e. The maximum Gasteiger partial charge on any atom is 0.335 e. The second-order valence-corrected chi connectivity index (χ2v) is 6.49. The van der Waals surface area contributed by atoms with Gasteiger partial charge in [-0.3, -0.25) is 9.59 Å². The molecule has 0 radical (unpaired) electrons. The summed E-state index contributed by atoms with van der Waals surface area (Å²) in [5, 5.41) is 16.2. The van der Waals surface area contributed by atoms with E-state index in [1.807, 2.05) is 0 Å². The Kier molecular flexibility index (Phi) is 6.74. The van der Waals surface area contributed by atoms with Crippen LogP contribution in [0.3, 0.4) is 0 Å². The van der Waals surface area contributed by atoms with E-state index in [0.717, 1.165) is 5.56 Å². The summed E-state index contributed by atoms with van der Waals surface area (Å²) in [6.45, 7) is 1.95. The van der Waals surface area contributed by atoms with Crippen LogP contribution in [0.15, 0.2) is 35.7 Å². The third-order valence-corrected chi connectivity index (χ3v) is 4.58. The molecule has 3 N–H and O–H groups in total. The summed E-state index contributed by atoms with van der Waals surface area (Å²) in [6, 6.07) is 7.40. The van der Waals surface area contributed by atoms with Gasteiger partial charge in [0.15, 0.2) is 0 Å². The van der Waals surface area contributed by atoms with Crippen LogP contribution in [0, 0.1) is 0 Å². The van der Waals surface area contributed by atoms with Crippen LogP contribution in [0.25, 0.3) is 0 Å². The van der Waals surface area contributed by atoms with Crippen LogP contribution in [-0.4, -0.2) is 42.6 Å². The Morgan fingerprint density at radius 3 is 2.65 bits per heavy atom. The number of amides is 2. The highest BCUT2D eigenvalue weighted by molar-refractivity contribution is 7.12. The molecule has 1 aromatic heterocycles. The summed E-state index contributed by atoms with van der Waals surface area (Å²) in [5.74, 6) is -1.15. The van der Waals surface area contributed by atoms with E-state index in [9.17, 15) is 14.4 Å². The van der Waals surface area contributed by atoms with Crippen LogP contribution < -0.4 is 15.4 Å². The van der Waals surface area contributed by atoms with Gasteiger partial charge in [-0.25, -0.2) is 4.79 Å². The Morgan fingerprint density at radius 2 is 2.04 bits per heavy atom. The highest BCUT2D eigenvalue weighted by atomic mass is 32.1. The second kappa shape index (κ2) is 9.00. The maximum absolute atomic E-state index is 12.1. The van der Waals surface area contributed by atoms with Gasteiger partial charge in [-0.15, -0.1) is 11.3 Å². The molecule has 0 saturated heterocycles. The molecule has 2 aromatic rings. The number of methoxy groups -OCH3 is 1. The summed E-state index contributed by atoms with van der Waals surface area (Å²) in [7, 11) is 1.46. The molecule has 0 spiro atoms. The fourth-order valence-corrected chi connectivity index (χ4v) is 2.93. The molecule has 138 valence electrons. The van der Waals surface area contributed by atoms with Crippen molar-refractivity contribution in [3.8, 4) is 5.75 Å². The van der Waals surface area contributed by atoms with Gasteiger partial charge in [0.05, 0.1) is 17.6 Å². The van der Waals surface area contributed by atoms with Crippen LogP contribution in [0.1, 0.15) is 32.5 Å². The maximum atomic E-state index is 12.1. The Balaban J connectivity index is 1.86. The lowest BCUT2D eigenvalue weighted by molar-refractivity contribution is -0.122. The van der Waals surface area contributed by atoms with Gasteiger partial charge in [-0.2, -0.15) is 0 Å². The fraction of sp³-hybridized carbons (Fsp3) is 0.278. The van der Waals surface area contributed by atoms with E-state index in [0.29, 0.717) is 23.6 Å². The molecule has 0 saturated carbocycles. The van der Waals surface area contributed by atoms with Crippen LogP contribution in [0.4, 0.5) is 0 Å². The standard InChI is InChI=1S/C18H20N2O5S/c1-11(20-17(22)15-4-3-9-26-15)16(21)19-8-7-12-5-6-13(18(23)24)10-14(12)25-2/h3-6,9-11H,7-8H2,1-2H3,(H,19,21)(H,20,22)(H,23,24). The van der Waals surface area contributed by atoms with Crippen LogP contribution in [0.2, 0.25) is 0 Å². The SMILES string of the molecule is COc1cc(C(=O)O)ccc1CCNC(=O)C(C)NC(=O)c1cccs1. The molecule has 0 aliphatic rings. The molecular formula is C18H20N2O5S. The Bertz CT molecular complexity index is 789. The van der Waals surface area contributed by atoms with Gasteiger partial charge in [0, 0.05) is 6.54 Å². The van der Waals surface area contributed by atoms with Crippen molar-refractivity contribution >= 4 is 29.1 Å². The predicted octanol–water partition coefficient (Wildman–Crippen LogP) is 1.93. The Labute approximate surface area is 155 Å². The van der Waals surface area contributed by atoms with Crippen molar-refractivity contribution in [2.24, 2.45) is 0 Å². The number of carboxylic acids is 1. The van der Waals surface area contributed by atoms with Crippen molar-refractivity contribution in [2.75, 3.05) is 13.7 Å². The zero-order chi connectivity index (χ0) is 19.1. The lowest BCUT2D eigenvalue weighted by Gasteiger charge is -2.14. The van der Waals surface area contributed by atoms with Crippen molar-refractivity contribution in [3.63, 3.8) is 0 Å². The summed E-state index contributed by atoms with van der Waals surface area (Å²) in [6.07, 6.45) is 0.473. The fourth-order valence-electron chi connectivity index (χ4n) is 2.30. The van der Waals surface area contributed by atoms with Gasteiger partial charge in [0.25, 0.3) is 5.91 Å². The van der Waals surface area contributed by atoms with Crippen molar-refractivity contribution < 1.29 is 24.2 Å². The zero-order valence-corrected chi connectivity index (χ0v) is 15.3. The number of carbonyl (C=O) groups excluding carboxylic acids is 2. The van der Waals surface area contributed by atoms with Crippen molar-refractivity contribution in [1.82, 2.24) is 10.6 Å². The number of benzene rings is 1. The number of aromatic carboxylic acids is 1. The average molecular weight is 376 g/mol. The number of hydrogen-bond donors (Lipinski definition) is 3. The number of carbonyl (C=O) groups is 3. The Hall–Kier alpha value is -2.87. The van der Waals surface area contributed by atoms with E-state index in [1.54, 1.807) is 30.5 Å². The first-order valence-electron chi connectivity index (χ1n) is 7.94. The third-order valence-electron chi connectivity index (χ3n) is 3.71. The quantitative estimate of drug-likeness (QED) is 0.653. The number of nitrogens with one attached hydrogen (secondary N) is 2. The van der Waals surface area contributed by atoms with Crippen LogP contribution in [0.5, 0.6) is 5.75 Å². The molecule has 0 aliphatic carbocycles. The van der Waals surface area contributed by atoms with Crippen LogP contribution in [-0.2, 0) is 11.2 Å². The molecule has 1 heterocycles. The minimum atomic E-state index is -1.03. The second-order valence-electron chi connectivity index (χ2n) is 5.55. The molecule has 8 heteroatoms.